The van der Waals surface area contributed by atoms with E-state index < -0.39 is 0 Å². The van der Waals surface area contributed by atoms with Crippen molar-refractivity contribution >= 4 is 16.7 Å². The van der Waals surface area contributed by atoms with Crippen LogP contribution in [0.5, 0.6) is 5.75 Å². The molecular formula is C20H20N2O2. The highest BCUT2D eigenvalue weighted by molar-refractivity contribution is 5.91. The molecule has 0 aliphatic carbocycles. The molecule has 1 amide bonds. The molecule has 0 saturated heterocycles. The molecule has 0 unspecified atom stereocenters. The summed E-state index contributed by atoms with van der Waals surface area (Å²) in [7, 11) is 1.67. The fourth-order valence-corrected chi connectivity index (χ4v) is 2.82. The Morgan fingerprint density at radius 1 is 1.17 bits per heavy atom. The van der Waals surface area contributed by atoms with Crippen molar-refractivity contribution in [3.63, 3.8) is 0 Å². The number of amides is 1. The Kier molecular flexibility index (Phi) is 4.75. The van der Waals surface area contributed by atoms with Crippen LogP contribution in [0.25, 0.3) is 21.9 Å². The van der Waals surface area contributed by atoms with Crippen molar-refractivity contribution in [3.05, 3.63) is 60.4 Å². The third-order valence-corrected chi connectivity index (χ3v) is 4.01. The van der Waals surface area contributed by atoms with Crippen molar-refractivity contribution in [2.24, 2.45) is 0 Å². The number of nitrogens with zero attached hydrogens (tertiary/aromatic N) is 1. The zero-order valence-electron chi connectivity index (χ0n) is 13.9. The molecule has 0 radical (unpaired) electrons. The highest BCUT2D eigenvalue weighted by Crippen LogP contribution is 2.30. The molecule has 0 saturated carbocycles. The third-order valence-electron chi connectivity index (χ3n) is 4.01. The van der Waals surface area contributed by atoms with Gasteiger partial charge in [0.15, 0.2) is 0 Å². The minimum atomic E-state index is -0.0136. The molecule has 4 heteroatoms. The first-order valence-electron chi connectivity index (χ1n) is 7.93. The van der Waals surface area contributed by atoms with Gasteiger partial charge in [0.1, 0.15) is 5.75 Å². The lowest BCUT2D eigenvalue weighted by atomic mass is 9.95. The molecule has 3 aromatic rings. The fourth-order valence-electron chi connectivity index (χ4n) is 2.82. The highest BCUT2D eigenvalue weighted by atomic mass is 16.5. The van der Waals surface area contributed by atoms with Crippen LogP contribution < -0.4 is 10.1 Å². The number of pyridine rings is 1. The molecule has 1 heterocycles. The summed E-state index contributed by atoms with van der Waals surface area (Å²) >= 11 is 0. The van der Waals surface area contributed by atoms with E-state index in [1.54, 1.807) is 13.3 Å². The summed E-state index contributed by atoms with van der Waals surface area (Å²) in [6, 6.07) is 14.4. The Balaban J connectivity index is 2.07. The maximum absolute atomic E-state index is 11.1. The van der Waals surface area contributed by atoms with Crippen LogP contribution in [-0.4, -0.2) is 24.5 Å². The van der Waals surface area contributed by atoms with Gasteiger partial charge in [-0.05, 0) is 52.6 Å². The van der Waals surface area contributed by atoms with E-state index in [9.17, 15) is 4.79 Å². The first-order valence-corrected chi connectivity index (χ1v) is 7.93. The molecule has 0 spiro atoms. The van der Waals surface area contributed by atoms with E-state index >= 15 is 0 Å². The number of nitrogens with one attached hydrogen (secondary N) is 1. The molecule has 0 bridgehead atoms. The smallest absolute Gasteiger partial charge is 0.216 e. The Morgan fingerprint density at radius 2 is 2.04 bits per heavy atom. The molecule has 0 fully saturated rings. The second-order valence-corrected chi connectivity index (χ2v) is 5.70. The standard InChI is InChI=1S/C20H20N2O2/c1-14(23)22-9-7-16-11-18(17-4-3-8-21-13-17)10-15-5-6-19(24-2)12-20(15)16/h3-6,8,10-13H,7,9H2,1-2H3,(H,22,23). The first kappa shape index (κ1) is 16.0. The van der Waals surface area contributed by atoms with Crippen LogP contribution in [0.3, 0.4) is 0 Å². The number of carbonyl (C=O) groups is 1. The third kappa shape index (κ3) is 3.54. The van der Waals surface area contributed by atoms with Gasteiger partial charge in [0.2, 0.25) is 5.91 Å². The summed E-state index contributed by atoms with van der Waals surface area (Å²) in [6.07, 6.45) is 4.40. The lowest BCUT2D eigenvalue weighted by Gasteiger charge is -2.12. The molecule has 2 aromatic carbocycles. The molecular weight excluding hydrogens is 300 g/mol. The Bertz CT molecular complexity index is 860. The predicted molar refractivity (Wildman–Crippen MR) is 96.1 cm³/mol. The van der Waals surface area contributed by atoms with Crippen molar-refractivity contribution in [3.8, 4) is 16.9 Å². The van der Waals surface area contributed by atoms with Crippen LogP contribution in [0, 0.1) is 0 Å². The second-order valence-electron chi connectivity index (χ2n) is 5.70. The quantitative estimate of drug-likeness (QED) is 0.781. The number of rotatable bonds is 5. The van der Waals surface area contributed by atoms with Gasteiger partial charge in [-0.2, -0.15) is 0 Å². The van der Waals surface area contributed by atoms with Gasteiger partial charge in [0.05, 0.1) is 7.11 Å². The number of hydrogen-bond acceptors (Lipinski definition) is 3. The van der Waals surface area contributed by atoms with Crippen LogP contribution >= 0.6 is 0 Å². The van der Waals surface area contributed by atoms with Gasteiger partial charge < -0.3 is 10.1 Å². The molecule has 1 aromatic heterocycles. The number of carbonyl (C=O) groups excluding carboxylic acids is 1. The lowest BCUT2D eigenvalue weighted by Crippen LogP contribution is -2.22. The van der Waals surface area contributed by atoms with Crippen LogP contribution in [0.4, 0.5) is 0 Å². The van der Waals surface area contributed by atoms with Gasteiger partial charge in [0, 0.05) is 31.4 Å². The van der Waals surface area contributed by atoms with E-state index in [2.05, 4.69) is 34.6 Å². The van der Waals surface area contributed by atoms with Gasteiger partial charge in [-0.3, -0.25) is 9.78 Å². The second kappa shape index (κ2) is 7.13. The average Bonchev–Trinajstić information content (AvgIpc) is 2.61. The minimum absolute atomic E-state index is 0.0136. The van der Waals surface area contributed by atoms with Crippen molar-refractivity contribution in [1.29, 1.82) is 0 Å². The summed E-state index contributed by atoms with van der Waals surface area (Å²) in [5.41, 5.74) is 3.38. The number of hydrogen-bond donors (Lipinski definition) is 1. The number of fused-ring (bicyclic) bond motifs is 1. The maximum Gasteiger partial charge on any atom is 0.216 e. The van der Waals surface area contributed by atoms with Gasteiger partial charge in [0.25, 0.3) is 0 Å². The first-order chi connectivity index (χ1) is 11.7. The highest BCUT2D eigenvalue weighted by Gasteiger charge is 2.08. The summed E-state index contributed by atoms with van der Waals surface area (Å²) in [5.74, 6) is 0.817. The fraction of sp³-hybridized carbons (Fsp3) is 0.200. The molecule has 24 heavy (non-hydrogen) atoms. The molecule has 3 rings (SSSR count). The monoisotopic (exact) mass is 320 g/mol. The summed E-state index contributed by atoms with van der Waals surface area (Å²) in [4.78, 5) is 15.4. The summed E-state index contributed by atoms with van der Waals surface area (Å²) in [6.45, 7) is 2.14. The van der Waals surface area contributed by atoms with Gasteiger partial charge in [-0.25, -0.2) is 0 Å². The topological polar surface area (TPSA) is 51.2 Å². The van der Waals surface area contributed by atoms with Crippen LogP contribution in [-0.2, 0) is 11.2 Å². The lowest BCUT2D eigenvalue weighted by molar-refractivity contribution is -0.118. The number of methoxy groups -OCH3 is 1. The van der Waals surface area contributed by atoms with Crippen molar-refractivity contribution in [2.45, 2.75) is 13.3 Å². The number of aromatic nitrogens is 1. The molecule has 122 valence electrons. The van der Waals surface area contributed by atoms with E-state index in [0.29, 0.717) is 6.54 Å². The zero-order valence-corrected chi connectivity index (χ0v) is 13.9. The van der Waals surface area contributed by atoms with E-state index in [4.69, 9.17) is 4.74 Å². The van der Waals surface area contributed by atoms with Crippen LogP contribution in [0.1, 0.15) is 12.5 Å². The van der Waals surface area contributed by atoms with Crippen LogP contribution in [0.2, 0.25) is 0 Å². The summed E-state index contributed by atoms with van der Waals surface area (Å²) in [5, 5.41) is 5.16. The molecule has 0 atom stereocenters. The number of ether oxygens (including phenoxy) is 1. The van der Waals surface area contributed by atoms with E-state index in [1.165, 1.54) is 12.5 Å². The van der Waals surface area contributed by atoms with Crippen molar-refractivity contribution in [2.75, 3.05) is 13.7 Å². The van der Waals surface area contributed by atoms with Crippen LogP contribution in [0.15, 0.2) is 54.9 Å². The average molecular weight is 320 g/mol. The normalized spacial score (nSPS) is 10.6. The zero-order chi connectivity index (χ0) is 16.9. The van der Waals surface area contributed by atoms with E-state index in [1.807, 2.05) is 24.4 Å². The molecule has 0 aliphatic heterocycles. The SMILES string of the molecule is COc1ccc2cc(-c3cccnc3)cc(CCNC(C)=O)c2c1. The van der Waals surface area contributed by atoms with Crippen molar-refractivity contribution < 1.29 is 9.53 Å². The summed E-state index contributed by atoms with van der Waals surface area (Å²) < 4.78 is 5.36. The maximum atomic E-state index is 11.1. The van der Waals surface area contributed by atoms with Gasteiger partial charge in [-0.1, -0.05) is 18.2 Å². The van der Waals surface area contributed by atoms with E-state index in [0.717, 1.165) is 34.1 Å². The van der Waals surface area contributed by atoms with Crippen molar-refractivity contribution in [1.82, 2.24) is 10.3 Å². The largest absolute Gasteiger partial charge is 0.497 e. The van der Waals surface area contributed by atoms with Gasteiger partial charge in [-0.15, -0.1) is 0 Å². The van der Waals surface area contributed by atoms with Gasteiger partial charge >= 0.3 is 0 Å². The molecule has 1 N–H and O–H groups in total. The molecule has 0 aliphatic rings. The van der Waals surface area contributed by atoms with E-state index in [-0.39, 0.29) is 5.91 Å². The molecule has 4 nitrogen and oxygen atoms in total. The predicted octanol–water partition coefficient (Wildman–Crippen LogP) is 3.59. The Hall–Kier alpha value is -2.88. The Morgan fingerprint density at radius 3 is 2.75 bits per heavy atom. The minimum Gasteiger partial charge on any atom is -0.497 e. The number of benzene rings is 2. The Labute approximate surface area is 141 Å².